The summed E-state index contributed by atoms with van der Waals surface area (Å²) in [6.45, 7) is 2.42. The number of aryl methyl sites for hydroxylation is 1. The number of carbonyl (C=O) groups excluding carboxylic acids is 1. The van der Waals surface area contributed by atoms with Gasteiger partial charge in [-0.1, -0.05) is 37.3 Å². The van der Waals surface area contributed by atoms with Crippen molar-refractivity contribution in [2.45, 2.75) is 24.3 Å². The van der Waals surface area contributed by atoms with E-state index in [2.05, 4.69) is 11.6 Å². The fourth-order valence-electron chi connectivity index (χ4n) is 2.80. The van der Waals surface area contributed by atoms with Crippen LogP contribution in [0.3, 0.4) is 0 Å². The molecule has 26 heavy (non-hydrogen) atoms. The third kappa shape index (κ3) is 4.30. The molecule has 1 saturated heterocycles. The highest BCUT2D eigenvalue weighted by Gasteiger charge is 2.28. The molecule has 2 aromatic carbocycles. The van der Waals surface area contributed by atoms with Crippen LogP contribution in [0.5, 0.6) is 0 Å². The maximum atomic E-state index is 12.3. The van der Waals surface area contributed by atoms with Crippen LogP contribution in [0.2, 0.25) is 0 Å². The topological polar surface area (TPSA) is 75.7 Å². The van der Waals surface area contributed by atoms with Crippen LogP contribution in [-0.4, -0.2) is 40.1 Å². The maximum absolute atomic E-state index is 12.3. The lowest BCUT2D eigenvalue weighted by molar-refractivity contribution is -0.129. The van der Waals surface area contributed by atoms with Gasteiger partial charge in [0.05, 0.1) is 17.5 Å². The van der Waals surface area contributed by atoms with Gasteiger partial charge in [0, 0.05) is 12.2 Å². The van der Waals surface area contributed by atoms with Crippen molar-refractivity contribution in [3.05, 3.63) is 60.2 Å². The van der Waals surface area contributed by atoms with Gasteiger partial charge in [0.25, 0.3) is 5.91 Å². The lowest BCUT2D eigenvalue weighted by Gasteiger charge is -2.33. The summed E-state index contributed by atoms with van der Waals surface area (Å²) in [5.41, 5.74) is 1.99. The van der Waals surface area contributed by atoms with Gasteiger partial charge in [-0.15, -0.1) is 0 Å². The monoisotopic (exact) mass is 374 g/mol. The van der Waals surface area contributed by atoms with Gasteiger partial charge in [0.1, 0.15) is 6.61 Å². The summed E-state index contributed by atoms with van der Waals surface area (Å²) in [5, 5.41) is 0. The molecular formula is C19H22N2O4S. The number of hydrogen-bond acceptors (Lipinski definition) is 4. The second-order valence-corrected chi connectivity index (χ2v) is 7.89. The van der Waals surface area contributed by atoms with Gasteiger partial charge in [-0.3, -0.25) is 4.79 Å². The predicted octanol–water partition coefficient (Wildman–Crippen LogP) is 1.96. The molecule has 1 aliphatic heterocycles. The van der Waals surface area contributed by atoms with Gasteiger partial charge in [-0.25, -0.2) is 13.1 Å². The highest BCUT2D eigenvalue weighted by Crippen LogP contribution is 2.20. The van der Waals surface area contributed by atoms with Crippen LogP contribution < -0.4 is 9.62 Å². The summed E-state index contributed by atoms with van der Waals surface area (Å²) in [6.07, 6.45) is 0.526. The van der Waals surface area contributed by atoms with Crippen LogP contribution in [0.4, 0.5) is 5.69 Å². The molecule has 6 nitrogen and oxygen atoms in total. The second-order valence-electron chi connectivity index (χ2n) is 6.12. The number of anilines is 1. The highest BCUT2D eigenvalue weighted by atomic mass is 32.2. The van der Waals surface area contributed by atoms with E-state index in [1.165, 1.54) is 17.7 Å². The Labute approximate surface area is 153 Å². The van der Waals surface area contributed by atoms with Crippen molar-refractivity contribution in [3.8, 4) is 0 Å². The number of morpholine rings is 1. The lowest BCUT2D eigenvalue weighted by atomic mass is 10.1. The minimum Gasteiger partial charge on any atom is -0.365 e. The first-order valence-corrected chi connectivity index (χ1v) is 10.0. The molecule has 1 heterocycles. The SMILES string of the molecule is CCc1ccc(N2CC(CNS(=O)(=O)c3ccccc3)OCC2=O)cc1. The third-order valence-corrected chi connectivity index (χ3v) is 5.78. The second kappa shape index (κ2) is 7.99. The summed E-state index contributed by atoms with van der Waals surface area (Å²) in [5.74, 6) is -0.128. The van der Waals surface area contributed by atoms with E-state index in [0.29, 0.717) is 6.54 Å². The van der Waals surface area contributed by atoms with E-state index < -0.39 is 16.1 Å². The molecule has 1 atom stereocenters. The van der Waals surface area contributed by atoms with Crippen LogP contribution in [0, 0.1) is 0 Å². The van der Waals surface area contributed by atoms with Gasteiger partial charge < -0.3 is 9.64 Å². The molecule has 0 aromatic heterocycles. The fourth-order valence-corrected chi connectivity index (χ4v) is 3.88. The summed E-state index contributed by atoms with van der Waals surface area (Å²) >= 11 is 0. The number of ether oxygens (including phenoxy) is 1. The smallest absolute Gasteiger partial charge is 0.253 e. The molecular weight excluding hydrogens is 352 g/mol. The molecule has 0 saturated carbocycles. The number of amides is 1. The molecule has 0 bridgehead atoms. The molecule has 2 aromatic rings. The van der Waals surface area contributed by atoms with Crippen molar-refractivity contribution < 1.29 is 17.9 Å². The molecule has 0 aliphatic carbocycles. The van der Waals surface area contributed by atoms with Crippen LogP contribution >= 0.6 is 0 Å². The van der Waals surface area contributed by atoms with Gasteiger partial charge in [-0.2, -0.15) is 0 Å². The van der Waals surface area contributed by atoms with Gasteiger partial charge in [0.2, 0.25) is 10.0 Å². The van der Waals surface area contributed by atoms with Crippen LogP contribution in [-0.2, 0) is 26.0 Å². The minimum absolute atomic E-state index is 0.0622. The zero-order valence-corrected chi connectivity index (χ0v) is 15.4. The molecule has 1 fully saturated rings. The quantitative estimate of drug-likeness (QED) is 0.839. The van der Waals surface area contributed by atoms with E-state index in [9.17, 15) is 13.2 Å². The average Bonchev–Trinajstić information content (AvgIpc) is 2.68. The van der Waals surface area contributed by atoms with Crippen molar-refractivity contribution in [1.29, 1.82) is 0 Å². The van der Waals surface area contributed by atoms with Gasteiger partial charge in [-0.05, 0) is 36.2 Å². The van der Waals surface area contributed by atoms with Crippen molar-refractivity contribution in [2.75, 3.05) is 24.6 Å². The zero-order chi connectivity index (χ0) is 18.6. The number of nitrogens with one attached hydrogen (secondary N) is 1. The Morgan fingerprint density at radius 2 is 1.81 bits per heavy atom. The molecule has 7 heteroatoms. The first-order chi connectivity index (χ1) is 12.5. The Morgan fingerprint density at radius 1 is 1.12 bits per heavy atom. The number of rotatable bonds is 6. The lowest BCUT2D eigenvalue weighted by Crippen LogP contribution is -2.50. The fraction of sp³-hybridized carbons (Fsp3) is 0.316. The maximum Gasteiger partial charge on any atom is 0.253 e. The number of carbonyl (C=O) groups is 1. The Hall–Kier alpha value is -2.22. The van der Waals surface area contributed by atoms with Crippen LogP contribution in [0.25, 0.3) is 0 Å². The molecule has 1 unspecified atom stereocenters. The summed E-state index contributed by atoms with van der Waals surface area (Å²) in [6, 6.07) is 16.0. The first-order valence-electron chi connectivity index (χ1n) is 8.55. The normalized spacial score (nSPS) is 18.1. The molecule has 138 valence electrons. The molecule has 3 rings (SSSR count). The van der Waals surface area contributed by atoms with Crippen molar-refractivity contribution in [3.63, 3.8) is 0 Å². The molecule has 0 radical (unpaired) electrons. The third-order valence-electron chi connectivity index (χ3n) is 4.34. The summed E-state index contributed by atoms with van der Waals surface area (Å²) < 4.78 is 32.7. The number of benzene rings is 2. The number of nitrogens with zero attached hydrogens (tertiary/aromatic N) is 1. The van der Waals surface area contributed by atoms with Gasteiger partial charge >= 0.3 is 0 Å². The Kier molecular flexibility index (Phi) is 5.70. The molecule has 1 aliphatic rings. The minimum atomic E-state index is -3.60. The summed E-state index contributed by atoms with van der Waals surface area (Å²) in [7, 11) is -3.60. The van der Waals surface area contributed by atoms with Crippen molar-refractivity contribution in [2.24, 2.45) is 0 Å². The van der Waals surface area contributed by atoms with E-state index >= 15 is 0 Å². The van der Waals surface area contributed by atoms with E-state index in [-0.39, 0.29) is 24.0 Å². The average molecular weight is 374 g/mol. The van der Waals surface area contributed by atoms with E-state index in [4.69, 9.17) is 4.74 Å². The highest BCUT2D eigenvalue weighted by molar-refractivity contribution is 7.89. The zero-order valence-electron chi connectivity index (χ0n) is 14.6. The first kappa shape index (κ1) is 18.6. The molecule has 1 N–H and O–H groups in total. The summed E-state index contributed by atoms with van der Waals surface area (Å²) in [4.78, 5) is 14.0. The number of hydrogen-bond donors (Lipinski definition) is 1. The Bertz CT molecular complexity index is 851. The van der Waals surface area contributed by atoms with E-state index in [1.807, 2.05) is 24.3 Å². The molecule has 1 amide bonds. The van der Waals surface area contributed by atoms with Crippen molar-refractivity contribution >= 4 is 21.6 Å². The predicted molar refractivity (Wildman–Crippen MR) is 99.5 cm³/mol. The molecule has 0 spiro atoms. The van der Waals surface area contributed by atoms with Crippen molar-refractivity contribution in [1.82, 2.24) is 4.72 Å². The van der Waals surface area contributed by atoms with Crippen LogP contribution in [0.1, 0.15) is 12.5 Å². The number of sulfonamides is 1. The largest absolute Gasteiger partial charge is 0.365 e. The standard InChI is InChI=1S/C19H22N2O4S/c1-2-15-8-10-16(11-9-15)21-13-17(25-14-19(21)22)12-20-26(23,24)18-6-4-3-5-7-18/h3-11,17,20H,2,12-14H2,1H3. The van der Waals surface area contributed by atoms with E-state index in [0.717, 1.165) is 12.1 Å². The van der Waals surface area contributed by atoms with Gasteiger partial charge in [0.15, 0.2) is 0 Å². The Balaban J connectivity index is 1.65. The Morgan fingerprint density at radius 3 is 2.46 bits per heavy atom. The van der Waals surface area contributed by atoms with E-state index in [1.54, 1.807) is 23.1 Å². The van der Waals surface area contributed by atoms with Crippen LogP contribution in [0.15, 0.2) is 59.5 Å².